The fourth-order valence-electron chi connectivity index (χ4n) is 2.58. The van der Waals surface area contributed by atoms with Gasteiger partial charge in [-0.1, -0.05) is 0 Å². The Bertz CT molecular complexity index is 930. The average molecular weight is 843 g/mol. The average Bonchev–Trinajstić information content (AvgIpc) is 2.70. The van der Waals surface area contributed by atoms with Gasteiger partial charge in [0, 0.05) is 25.8 Å². The van der Waals surface area contributed by atoms with Gasteiger partial charge in [-0.15, -0.1) is 0 Å². The molecule has 14 heteroatoms. The molecule has 1 aromatic carbocycles. The van der Waals surface area contributed by atoms with E-state index in [-0.39, 0.29) is 37.6 Å². The van der Waals surface area contributed by atoms with Crippen LogP contribution in [-0.2, 0) is 9.47 Å². The first-order valence-corrected chi connectivity index (χ1v) is 14.1. The number of nitrogens with two attached hydrogens (primary N) is 1. The van der Waals surface area contributed by atoms with Crippen molar-refractivity contribution in [2.45, 2.75) is 52.7 Å². The minimum absolute atomic E-state index is 0.0195. The minimum Gasteiger partial charge on any atom is -0.444 e. The Hall–Kier alpha value is -1.15. The van der Waals surface area contributed by atoms with Crippen LogP contribution in [-0.4, -0.2) is 61.4 Å². The summed E-state index contributed by atoms with van der Waals surface area (Å²) in [6, 6.07) is 0. The molecule has 0 unspecified atom stereocenters. The highest BCUT2D eigenvalue weighted by Gasteiger charge is 2.26. The van der Waals surface area contributed by atoms with Crippen LogP contribution in [0.3, 0.4) is 0 Å². The summed E-state index contributed by atoms with van der Waals surface area (Å²) >= 11 is 5.92. The summed E-state index contributed by atoms with van der Waals surface area (Å²) in [5, 5.41) is 10.7. The Labute approximate surface area is 251 Å². The van der Waals surface area contributed by atoms with Crippen molar-refractivity contribution in [1.29, 1.82) is 0 Å². The van der Waals surface area contributed by atoms with Crippen molar-refractivity contribution in [2.24, 2.45) is 0 Å². The third-order valence-electron chi connectivity index (χ3n) is 3.98. The lowest BCUT2D eigenvalue weighted by atomic mass is 10.0. The lowest BCUT2D eigenvalue weighted by Crippen LogP contribution is -2.40. The van der Waals surface area contributed by atoms with Gasteiger partial charge in [0.2, 0.25) is 0 Å². The van der Waals surface area contributed by atoms with E-state index < -0.39 is 29.3 Å². The summed E-state index contributed by atoms with van der Waals surface area (Å²) in [5.74, 6) is -0.718. The number of rotatable bonds is 9. The third kappa shape index (κ3) is 11.1. The standard InChI is InChI=1S/C22H32I3N5O6/c1-21(2,3)35-19(33)29-8-7-28-18(32)13-14(23)12(15(24)17(26)16(13)25)11(31)9-27-10-30-20(34)36-22(4,5)6/h27H,7-10,26H2,1-6H3,(H,28,32)(H,29,33)(H,30,34). The van der Waals surface area contributed by atoms with E-state index in [2.05, 4.69) is 21.3 Å². The second kappa shape index (κ2) is 14.1. The first-order valence-electron chi connectivity index (χ1n) is 10.9. The van der Waals surface area contributed by atoms with Crippen LogP contribution in [0.25, 0.3) is 0 Å². The molecule has 36 heavy (non-hydrogen) atoms. The summed E-state index contributed by atoms with van der Waals surface area (Å²) in [6.45, 7) is 10.8. The zero-order valence-electron chi connectivity index (χ0n) is 21.0. The normalized spacial score (nSPS) is 11.5. The van der Waals surface area contributed by atoms with Crippen LogP contribution >= 0.6 is 67.8 Å². The number of ether oxygens (including phenoxy) is 2. The Morgan fingerprint density at radius 1 is 0.750 bits per heavy atom. The lowest BCUT2D eigenvalue weighted by Gasteiger charge is -2.20. The number of carbonyl (C=O) groups is 4. The van der Waals surface area contributed by atoms with E-state index in [4.69, 9.17) is 15.2 Å². The first kappa shape index (κ1) is 32.9. The number of hydrogen-bond donors (Lipinski definition) is 5. The third-order valence-corrected chi connectivity index (χ3v) is 7.30. The number of amides is 3. The van der Waals surface area contributed by atoms with Crippen LogP contribution in [0, 0.1) is 10.7 Å². The van der Waals surface area contributed by atoms with Gasteiger partial charge in [0.25, 0.3) is 5.91 Å². The van der Waals surface area contributed by atoms with E-state index in [1.807, 2.05) is 67.8 Å². The number of ketones is 1. The van der Waals surface area contributed by atoms with E-state index in [1.165, 1.54) is 0 Å². The molecule has 1 aromatic rings. The molecule has 0 aliphatic heterocycles. The summed E-state index contributed by atoms with van der Waals surface area (Å²) in [6.07, 6.45) is -1.19. The number of hydrogen-bond acceptors (Lipinski definition) is 8. The van der Waals surface area contributed by atoms with Crippen LogP contribution in [0.5, 0.6) is 0 Å². The summed E-state index contributed by atoms with van der Waals surface area (Å²) in [4.78, 5) is 49.4. The highest BCUT2D eigenvalue weighted by Crippen LogP contribution is 2.34. The number of alkyl carbamates (subject to hydrolysis) is 2. The molecule has 0 aromatic heterocycles. The molecular weight excluding hydrogens is 811 g/mol. The Morgan fingerprint density at radius 2 is 1.22 bits per heavy atom. The van der Waals surface area contributed by atoms with Gasteiger partial charge in [0.05, 0.1) is 28.0 Å². The Balaban J connectivity index is 2.83. The molecule has 0 aliphatic rings. The van der Waals surface area contributed by atoms with E-state index in [0.29, 0.717) is 22.0 Å². The number of Topliss-reactive ketones (excluding diaryl/α,β-unsaturated/α-hetero) is 1. The van der Waals surface area contributed by atoms with Crippen molar-refractivity contribution in [3.63, 3.8) is 0 Å². The summed E-state index contributed by atoms with van der Waals surface area (Å²) in [5.41, 5.74) is 5.88. The van der Waals surface area contributed by atoms with Crippen LogP contribution in [0.2, 0.25) is 0 Å². The van der Waals surface area contributed by atoms with Crippen molar-refractivity contribution in [2.75, 3.05) is 32.0 Å². The Morgan fingerprint density at radius 3 is 1.75 bits per heavy atom. The molecule has 0 saturated carbocycles. The van der Waals surface area contributed by atoms with E-state index in [1.54, 1.807) is 41.5 Å². The molecule has 1 rings (SSSR count). The summed E-state index contributed by atoms with van der Waals surface area (Å²) in [7, 11) is 0. The molecular formula is C22H32I3N5O6. The number of benzene rings is 1. The largest absolute Gasteiger partial charge is 0.444 e. The molecule has 3 amide bonds. The number of anilines is 1. The molecule has 11 nitrogen and oxygen atoms in total. The van der Waals surface area contributed by atoms with Crippen LogP contribution in [0.15, 0.2) is 0 Å². The second-order valence-electron chi connectivity index (χ2n) is 9.50. The van der Waals surface area contributed by atoms with Gasteiger partial charge in [-0.2, -0.15) is 0 Å². The highest BCUT2D eigenvalue weighted by atomic mass is 127. The molecule has 0 saturated heterocycles. The minimum atomic E-state index is -0.631. The van der Waals surface area contributed by atoms with Crippen LogP contribution < -0.4 is 27.0 Å². The second-order valence-corrected chi connectivity index (χ2v) is 12.7. The predicted octanol–water partition coefficient (Wildman–Crippen LogP) is 3.59. The summed E-state index contributed by atoms with van der Waals surface area (Å²) < 4.78 is 11.8. The van der Waals surface area contributed by atoms with Crippen LogP contribution in [0.4, 0.5) is 15.3 Å². The van der Waals surface area contributed by atoms with E-state index in [9.17, 15) is 19.2 Å². The predicted molar refractivity (Wildman–Crippen MR) is 162 cm³/mol. The SMILES string of the molecule is CC(C)(C)OC(=O)NCCNC(=O)c1c(I)c(N)c(I)c(C(=O)CNCNC(=O)OC(C)(C)C)c1I. The van der Waals surface area contributed by atoms with Crippen molar-refractivity contribution >= 4 is 97.3 Å². The van der Waals surface area contributed by atoms with E-state index in [0.717, 1.165) is 0 Å². The van der Waals surface area contributed by atoms with Gasteiger partial charge in [0.1, 0.15) is 11.2 Å². The van der Waals surface area contributed by atoms with Crippen molar-refractivity contribution in [1.82, 2.24) is 21.3 Å². The highest BCUT2D eigenvalue weighted by molar-refractivity contribution is 14.1. The van der Waals surface area contributed by atoms with E-state index >= 15 is 0 Å². The molecule has 0 aliphatic carbocycles. The maximum absolute atomic E-state index is 13.0. The molecule has 6 N–H and O–H groups in total. The van der Waals surface area contributed by atoms with Gasteiger partial charge < -0.3 is 31.2 Å². The van der Waals surface area contributed by atoms with Crippen molar-refractivity contribution in [3.8, 4) is 0 Å². The molecule has 0 fully saturated rings. The number of halogens is 3. The number of nitrogen functional groups attached to an aromatic ring is 1. The molecule has 202 valence electrons. The first-order chi connectivity index (χ1) is 16.4. The zero-order valence-corrected chi connectivity index (χ0v) is 27.5. The Kier molecular flexibility index (Phi) is 12.9. The molecule has 0 heterocycles. The van der Waals surface area contributed by atoms with Gasteiger partial charge >= 0.3 is 12.2 Å². The van der Waals surface area contributed by atoms with Gasteiger partial charge in [-0.05, 0) is 109 Å². The molecule has 0 bridgehead atoms. The lowest BCUT2D eigenvalue weighted by molar-refractivity contribution is 0.0514. The fraction of sp³-hybridized carbons (Fsp3) is 0.545. The zero-order chi connectivity index (χ0) is 27.8. The van der Waals surface area contributed by atoms with Crippen molar-refractivity contribution in [3.05, 3.63) is 21.8 Å². The van der Waals surface area contributed by atoms with Gasteiger partial charge in [0.15, 0.2) is 5.78 Å². The van der Waals surface area contributed by atoms with Crippen LogP contribution in [0.1, 0.15) is 62.3 Å². The topological polar surface area (TPSA) is 161 Å². The number of carbonyl (C=O) groups excluding carboxylic acids is 4. The van der Waals surface area contributed by atoms with Crippen molar-refractivity contribution < 1.29 is 28.7 Å². The van der Waals surface area contributed by atoms with Gasteiger partial charge in [-0.3, -0.25) is 14.9 Å². The quantitative estimate of drug-likeness (QED) is 0.0830. The van der Waals surface area contributed by atoms with Gasteiger partial charge in [-0.25, -0.2) is 9.59 Å². The smallest absolute Gasteiger partial charge is 0.408 e. The molecule has 0 radical (unpaired) electrons. The fourth-order valence-corrected chi connectivity index (χ4v) is 6.84. The molecule has 0 atom stereocenters. The monoisotopic (exact) mass is 843 g/mol. The maximum Gasteiger partial charge on any atom is 0.408 e. The maximum atomic E-state index is 13.0. The molecule has 0 spiro atoms. The number of nitrogens with one attached hydrogen (secondary N) is 4.